The number of nitrogens with two attached hydrogens (primary N) is 1. The highest BCUT2D eigenvalue weighted by atomic mass is 16.5. The van der Waals surface area contributed by atoms with Crippen LogP contribution in [0.5, 0.6) is 5.75 Å². The minimum Gasteiger partial charge on any atom is -0.497 e. The molecule has 0 radical (unpaired) electrons. The van der Waals surface area contributed by atoms with Crippen LogP contribution in [0.25, 0.3) is 0 Å². The molecule has 19 heavy (non-hydrogen) atoms. The average molecular weight is 260 g/mol. The second kappa shape index (κ2) is 5.04. The van der Waals surface area contributed by atoms with Crippen molar-refractivity contribution < 1.29 is 4.74 Å². The van der Waals surface area contributed by atoms with Gasteiger partial charge in [0.1, 0.15) is 5.75 Å². The van der Waals surface area contributed by atoms with Crippen LogP contribution in [0.2, 0.25) is 0 Å². The highest BCUT2D eigenvalue weighted by Crippen LogP contribution is 2.42. The third-order valence-corrected chi connectivity index (χ3v) is 4.68. The lowest BCUT2D eigenvalue weighted by atomic mass is 9.87. The highest BCUT2D eigenvalue weighted by Gasteiger charge is 2.35. The van der Waals surface area contributed by atoms with Crippen molar-refractivity contribution in [2.75, 3.05) is 25.1 Å². The van der Waals surface area contributed by atoms with Gasteiger partial charge in [-0.05, 0) is 49.4 Å². The third-order valence-electron chi connectivity index (χ3n) is 4.68. The van der Waals surface area contributed by atoms with E-state index in [4.69, 9.17) is 10.5 Å². The number of rotatable bonds is 3. The number of nitrogens with zero attached hydrogens (tertiary/aromatic N) is 1. The van der Waals surface area contributed by atoms with Crippen molar-refractivity contribution in [3.63, 3.8) is 0 Å². The van der Waals surface area contributed by atoms with Crippen molar-refractivity contribution in [1.82, 2.24) is 0 Å². The summed E-state index contributed by atoms with van der Waals surface area (Å²) in [6.07, 6.45) is 7.27. The van der Waals surface area contributed by atoms with Crippen molar-refractivity contribution in [2.45, 2.75) is 44.1 Å². The van der Waals surface area contributed by atoms with E-state index in [1.165, 1.54) is 36.9 Å². The summed E-state index contributed by atoms with van der Waals surface area (Å²) in [7, 11) is 1.73. The molecule has 104 valence electrons. The lowest BCUT2D eigenvalue weighted by Crippen LogP contribution is -2.35. The first-order chi connectivity index (χ1) is 9.23. The van der Waals surface area contributed by atoms with E-state index in [0.717, 1.165) is 31.7 Å². The zero-order chi connectivity index (χ0) is 13.3. The van der Waals surface area contributed by atoms with Gasteiger partial charge in [0, 0.05) is 24.3 Å². The summed E-state index contributed by atoms with van der Waals surface area (Å²) < 4.78 is 5.40. The molecule has 0 bridgehead atoms. The Morgan fingerprint density at radius 3 is 2.42 bits per heavy atom. The summed E-state index contributed by atoms with van der Waals surface area (Å²) in [5.41, 5.74) is 9.18. The predicted molar refractivity (Wildman–Crippen MR) is 78.8 cm³/mol. The van der Waals surface area contributed by atoms with Gasteiger partial charge in [-0.25, -0.2) is 0 Å². The molecule has 2 N–H and O–H groups in total. The second-order valence-corrected chi connectivity index (χ2v) is 5.94. The Morgan fingerprint density at radius 2 is 1.79 bits per heavy atom. The summed E-state index contributed by atoms with van der Waals surface area (Å²) in [5, 5.41) is 0. The number of ether oxygens (including phenoxy) is 1. The van der Waals surface area contributed by atoms with E-state index in [-0.39, 0.29) is 5.54 Å². The van der Waals surface area contributed by atoms with Gasteiger partial charge in [-0.3, -0.25) is 0 Å². The minimum atomic E-state index is -0.146. The van der Waals surface area contributed by atoms with Gasteiger partial charge in [0.05, 0.1) is 7.11 Å². The van der Waals surface area contributed by atoms with Gasteiger partial charge in [-0.2, -0.15) is 0 Å². The Balaban J connectivity index is 2.02. The number of hydrogen-bond donors (Lipinski definition) is 1. The fourth-order valence-electron chi connectivity index (χ4n) is 3.55. The molecule has 0 aromatic heterocycles. The summed E-state index contributed by atoms with van der Waals surface area (Å²) >= 11 is 0. The molecule has 0 atom stereocenters. The molecule has 1 aliphatic carbocycles. The van der Waals surface area contributed by atoms with Crippen LogP contribution in [0, 0.1) is 0 Å². The molecule has 1 aliphatic heterocycles. The monoisotopic (exact) mass is 260 g/mol. The van der Waals surface area contributed by atoms with Crippen LogP contribution < -0.4 is 15.4 Å². The fraction of sp³-hybridized carbons (Fsp3) is 0.625. The molecule has 0 spiro atoms. The quantitative estimate of drug-likeness (QED) is 0.908. The summed E-state index contributed by atoms with van der Waals surface area (Å²) in [6.45, 7) is 2.32. The first kappa shape index (κ1) is 12.8. The van der Waals surface area contributed by atoms with Crippen molar-refractivity contribution in [3.8, 4) is 5.75 Å². The molecule has 1 heterocycles. The van der Waals surface area contributed by atoms with Crippen LogP contribution in [0.15, 0.2) is 18.2 Å². The topological polar surface area (TPSA) is 38.5 Å². The molecular weight excluding hydrogens is 236 g/mol. The lowest BCUT2D eigenvalue weighted by molar-refractivity contribution is 0.408. The van der Waals surface area contributed by atoms with Gasteiger partial charge >= 0.3 is 0 Å². The number of benzene rings is 1. The first-order valence-electron chi connectivity index (χ1n) is 7.45. The molecule has 3 rings (SSSR count). The van der Waals surface area contributed by atoms with E-state index in [0.29, 0.717) is 0 Å². The lowest BCUT2D eigenvalue weighted by Gasteiger charge is -2.31. The van der Waals surface area contributed by atoms with E-state index in [9.17, 15) is 0 Å². The molecule has 1 saturated heterocycles. The molecular formula is C16H24N2O. The van der Waals surface area contributed by atoms with E-state index in [2.05, 4.69) is 23.1 Å². The molecule has 2 aliphatic rings. The Labute approximate surface area is 115 Å². The molecule has 2 fully saturated rings. The van der Waals surface area contributed by atoms with E-state index in [1.807, 2.05) is 0 Å². The van der Waals surface area contributed by atoms with Crippen molar-refractivity contribution in [1.29, 1.82) is 0 Å². The summed E-state index contributed by atoms with van der Waals surface area (Å²) in [4.78, 5) is 2.49. The number of methoxy groups -OCH3 is 1. The van der Waals surface area contributed by atoms with Crippen LogP contribution in [0.4, 0.5) is 5.69 Å². The Kier molecular flexibility index (Phi) is 3.40. The van der Waals surface area contributed by atoms with Gasteiger partial charge in [-0.15, -0.1) is 0 Å². The van der Waals surface area contributed by atoms with Gasteiger partial charge in [0.15, 0.2) is 0 Å². The van der Waals surface area contributed by atoms with Crippen LogP contribution in [-0.2, 0) is 5.54 Å². The Bertz CT molecular complexity index is 446. The smallest absolute Gasteiger partial charge is 0.119 e. The molecule has 3 nitrogen and oxygen atoms in total. The van der Waals surface area contributed by atoms with Crippen molar-refractivity contribution in [2.24, 2.45) is 5.73 Å². The maximum atomic E-state index is 6.69. The molecule has 0 unspecified atom stereocenters. The molecule has 0 amide bonds. The van der Waals surface area contributed by atoms with Gasteiger partial charge in [-0.1, -0.05) is 12.8 Å². The number of anilines is 1. The van der Waals surface area contributed by atoms with Crippen LogP contribution in [0.3, 0.4) is 0 Å². The van der Waals surface area contributed by atoms with Crippen LogP contribution in [-0.4, -0.2) is 20.2 Å². The second-order valence-electron chi connectivity index (χ2n) is 5.94. The molecule has 3 heteroatoms. The predicted octanol–water partition coefficient (Wildman–Crippen LogP) is 3.02. The molecule has 1 saturated carbocycles. The molecule has 1 aromatic rings. The summed E-state index contributed by atoms with van der Waals surface area (Å²) in [5.74, 6) is 0.926. The van der Waals surface area contributed by atoms with Crippen molar-refractivity contribution in [3.05, 3.63) is 23.8 Å². The normalized spacial score (nSPS) is 21.9. The SMILES string of the molecule is COc1ccc(N2CCCC2)c(C2(N)CCCC2)c1. The maximum Gasteiger partial charge on any atom is 0.119 e. The standard InChI is InChI=1S/C16H24N2O/c1-19-13-6-7-15(18-10-4-5-11-18)14(12-13)16(17)8-2-3-9-16/h6-7,12H,2-5,8-11,17H2,1H3. The largest absolute Gasteiger partial charge is 0.497 e. The fourth-order valence-corrected chi connectivity index (χ4v) is 3.55. The Hall–Kier alpha value is -1.22. The van der Waals surface area contributed by atoms with E-state index < -0.39 is 0 Å². The van der Waals surface area contributed by atoms with Gasteiger partial charge < -0.3 is 15.4 Å². The van der Waals surface area contributed by atoms with Crippen LogP contribution in [0.1, 0.15) is 44.1 Å². The molecule has 1 aromatic carbocycles. The van der Waals surface area contributed by atoms with E-state index in [1.54, 1.807) is 7.11 Å². The number of hydrogen-bond acceptors (Lipinski definition) is 3. The van der Waals surface area contributed by atoms with E-state index >= 15 is 0 Å². The van der Waals surface area contributed by atoms with Crippen LogP contribution >= 0.6 is 0 Å². The first-order valence-corrected chi connectivity index (χ1v) is 7.45. The zero-order valence-corrected chi connectivity index (χ0v) is 11.8. The average Bonchev–Trinajstić information content (AvgIpc) is 3.10. The van der Waals surface area contributed by atoms with Gasteiger partial charge in [0.2, 0.25) is 0 Å². The zero-order valence-electron chi connectivity index (χ0n) is 11.8. The minimum absolute atomic E-state index is 0.146. The Morgan fingerprint density at radius 1 is 1.11 bits per heavy atom. The highest BCUT2D eigenvalue weighted by molar-refractivity contribution is 5.60. The third kappa shape index (κ3) is 2.32. The van der Waals surface area contributed by atoms with Crippen molar-refractivity contribution >= 4 is 5.69 Å². The summed E-state index contributed by atoms with van der Waals surface area (Å²) in [6, 6.07) is 6.43. The maximum absolute atomic E-state index is 6.69. The van der Waals surface area contributed by atoms with Gasteiger partial charge in [0.25, 0.3) is 0 Å².